The molecule has 130 valence electrons. The van der Waals surface area contributed by atoms with Crippen molar-refractivity contribution in [2.24, 2.45) is 0 Å². The van der Waals surface area contributed by atoms with Crippen molar-refractivity contribution in [3.63, 3.8) is 0 Å². The summed E-state index contributed by atoms with van der Waals surface area (Å²) >= 11 is 0. The maximum Gasteiger partial charge on any atom is 0.416 e. The minimum Gasteiger partial charge on any atom is -0.224 e. The van der Waals surface area contributed by atoms with E-state index in [0.29, 0.717) is 16.9 Å². The standard InChI is InChI=1S/C16H12F3N3O2S/c1-25(23,24)14-8-6-13(7-9-14)22-20-10-15(21-22)11-2-4-12(5-3-11)16(17,18)19/h2-10H,1H3. The highest BCUT2D eigenvalue weighted by molar-refractivity contribution is 7.90. The number of hydrogen-bond acceptors (Lipinski definition) is 4. The van der Waals surface area contributed by atoms with Crippen LogP contribution in [0.4, 0.5) is 13.2 Å². The molecule has 2 aromatic carbocycles. The monoisotopic (exact) mass is 367 g/mol. The smallest absolute Gasteiger partial charge is 0.224 e. The van der Waals surface area contributed by atoms with Crippen LogP contribution < -0.4 is 0 Å². The molecule has 0 atom stereocenters. The van der Waals surface area contributed by atoms with Crippen LogP contribution in [-0.4, -0.2) is 29.7 Å². The second-order valence-electron chi connectivity index (χ2n) is 5.36. The first kappa shape index (κ1) is 17.2. The largest absolute Gasteiger partial charge is 0.416 e. The Morgan fingerprint density at radius 3 is 2.08 bits per heavy atom. The summed E-state index contributed by atoms with van der Waals surface area (Å²) in [6.07, 6.45) is -1.86. The number of halogens is 3. The van der Waals surface area contributed by atoms with Crippen LogP contribution in [0.3, 0.4) is 0 Å². The normalized spacial score (nSPS) is 12.3. The summed E-state index contributed by atoms with van der Waals surface area (Å²) in [7, 11) is -3.30. The van der Waals surface area contributed by atoms with Gasteiger partial charge < -0.3 is 0 Å². The fourth-order valence-electron chi connectivity index (χ4n) is 2.18. The van der Waals surface area contributed by atoms with E-state index in [4.69, 9.17) is 0 Å². The first-order valence-corrected chi connectivity index (χ1v) is 8.94. The minimum absolute atomic E-state index is 0.173. The lowest BCUT2D eigenvalue weighted by Crippen LogP contribution is -2.04. The summed E-state index contributed by atoms with van der Waals surface area (Å²) < 4.78 is 60.7. The van der Waals surface area contributed by atoms with Crippen molar-refractivity contribution in [1.29, 1.82) is 0 Å². The van der Waals surface area contributed by atoms with Gasteiger partial charge in [-0.1, -0.05) is 12.1 Å². The molecule has 3 rings (SSSR count). The molecule has 0 saturated heterocycles. The van der Waals surface area contributed by atoms with Crippen LogP contribution in [0.2, 0.25) is 0 Å². The van der Waals surface area contributed by atoms with Gasteiger partial charge in [0.25, 0.3) is 0 Å². The third kappa shape index (κ3) is 3.71. The van der Waals surface area contributed by atoms with Crippen LogP contribution in [0.5, 0.6) is 0 Å². The van der Waals surface area contributed by atoms with E-state index >= 15 is 0 Å². The zero-order chi connectivity index (χ0) is 18.2. The van der Waals surface area contributed by atoms with E-state index in [2.05, 4.69) is 10.2 Å². The Morgan fingerprint density at radius 2 is 1.56 bits per heavy atom. The van der Waals surface area contributed by atoms with E-state index in [9.17, 15) is 21.6 Å². The maximum atomic E-state index is 12.6. The van der Waals surface area contributed by atoms with Gasteiger partial charge in [-0.15, -0.1) is 5.10 Å². The van der Waals surface area contributed by atoms with Crippen molar-refractivity contribution in [3.05, 3.63) is 60.3 Å². The number of aromatic nitrogens is 3. The molecule has 0 unspecified atom stereocenters. The molecule has 0 spiro atoms. The number of benzene rings is 2. The maximum absolute atomic E-state index is 12.6. The molecule has 1 heterocycles. The Labute approximate surface area is 141 Å². The van der Waals surface area contributed by atoms with Gasteiger partial charge in [0.2, 0.25) is 0 Å². The van der Waals surface area contributed by atoms with E-state index in [1.807, 2.05) is 0 Å². The number of nitrogens with zero attached hydrogens (tertiary/aromatic N) is 3. The van der Waals surface area contributed by atoms with Gasteiger partial charge in [-0.25, -0.2) is 8.42 Å². The molecular formula is C16H12F3N3O2S. The molecule has 0 fully saturated rings. The van der Waals surface area contributed by atoms with E-state index in [1.54, 1.807) is 12.1 Å². The van der Waals surface area contributed by atoms with Gasteiger partial charge in [-0.05, 0) is 36.4 Å². The highest BCUT2D eigenvalue weighted by Crippen LogP contribution is 2.30. The lowest BCUT2D eigenvalue weighted by atomic mass is 10.1. The van der Waals surface area contributed by atoms with Crippen LogP contribution in [0.1, 0.15) is 5.56 Å². The second kappa shape index (κ2) is 5.99. The summed E-state index contributed by atoms with van der Waals surface area (Å²) in [5.74, 6) is 0. The average Bonchev–Trinajstić information content (AvgIpc) is 3.03. The fraction of sp³-hybridized carbons (Fsp3) is 0.125. The quantitative estimate of drug-likeness (QED) is 0.712. The predicted molar refractivity (Wildman–Crippen MR) is 84.9 cm³/mol. The Bertz CT molecular complexity index is 992. The Morgan fingerprint density at radius 1 is 0.960 bits per heavy atom. The number of hydrogen-bond donors (Lipinski definition) is 0. The minimum atomic E-state index is -4.39. The molecule has 0 amide bonds. The molecule has 25 heavy (non-hydrogen) atoms. The van der Waals surface area contributed by atoms with E-state index < -0.39 is 21.6 Å². The third-order valence-electron chi connectivity index (χ3n) is 3.50. The van der Waals surface area contributed by atoms with Crippen molar-refractivity contribution < 1.29 is 21.6 Å². The molecule has 9 heteroatoms. The lowest BCUT2D eigenvalue weighted by Gasteiger charge is -2.06. The van der Waals surface area contributed by atoms with Gasteiger partial charge in [-0.3, -0.25) is 0 Å². The zero-order valence-corrected chi connectivity index (χ0v) is 13.7. The third-order valence-corrected chi connectivity index (χ3v) is 4.62. The van der Waals surface area contributed by atoms with Gasteiger partial charge in [-0.2, -0.15) is 23.1 Å². The average molecular weight is 367 g/mol. The number of alkyl halides is 3. The molecule has 5 nitrogen and oxygen atoms in total. The first-order valence-electron chi connectivity index (χ1n) is 7.05. The van der Waals surface area contributed by atoms with Crippen LogP contribution in [0.25, 0.3) is 16.9 Å². The van der Waals surface area contributed by atoms with Gasteiger partial charge in [0.1, 0.15) is 5.69 Å². The van der Waals surface area contributed by atoms with Crippen molar-refractivity contribution in [2.45, 2.75) is 11.1 Å². The van der Waals surface area contributed by atoms with Crippen LogP contribution >= 0.6 is 0 Å². The molecular weight excluding hydrogens is 355 g/mol. The van der Waals surface area contributed by atoms with Crippen molar-refractivity contribution >= 4 is 9.84 Å². The summed E-state index contributed by atoms with van der Waals surface area (Å²) in [6.45, 7) is 0. The SMILES string of the molecule is CS(=O)(=O)c1ccc(-n2ncc(-c3ccc(C(F)(F)F)cc3)n2)cc1. The first-order chi connectivity index (χ1) is 11.6. The molecule has 0 aliphatic heterocycles. The predicted octanol–water partition coefficient (Wildman–Crippen LogP) is 3.36. The van der Waals surface area contributed by atoms with Gasteiger partial charge >= 0.3 is 6.18 Å². The summed E-state index contributed by atoms with van der Waals surface area (Å²) in [4.78, 5) is 1.45. The highest BCUT2D eigenvalue weighted by Gasteiger charge is 2.30. The van der Waals surface area contributed by atoms with E-state index in [-0.39, 0.29) is 4.90 Å². The van der Waals surface area contributed by atoms with Crippen LogP contribution in [0, 0.1) is 0 Å². The van der Waals surface area contributed by atoms with Gasteiger partial charge in [0.05, 0.1) is 22.3 Å². The number of sulfone groups is 1. The Hall–Kier alpha value is -2.68. The molecule has 0 N–H and O–H groups in total. The fourth-order valence-corrected chi connectivity index (χ4v) is 2.81. The topological polar surface area (TPSA) is 64.8 Å². The Kier molecular flexibility index (Phi) is 4.11. The molecule has 0 radical (unpaired) electrons. The van der Waals surface area contributed by atoms with Crippen LogP contribution in [0.15, 0.2) is 59.6 Å². The molecule has 0 saturated carbocycles. The number of rotatable bonds is 3. The van der Waals surface area contributed by atoms with Crippen molar-refractivity contribution in [3.8, 4) is 16.9 Å². The zero-order valence-electron chi connectivity index (χ0n) is 12.9. The van der Waals surface area contributed by atoms with Gasteiger partial charge in [0, 0.05) is 11.8 Å². The summed E-state index contributed by atoms with van der Waals surface area (Å²) in [5, 5.41) is 8.27. The van der Waals surface area contributed by atoms with E-state index in [1.165, 1.54) is 35.3 Å². The lowest BCUT2D eigenvalue weighted by molar-refractivity contribution is -0.137. The van der Waals surface area contributed by atoms with Crippen molar-refractivity contribution in [2.75, 3.05) is 6.26 Å². The molecule has 0 bridgehead atoms. The molecule has 0 aliphatic carbocycles. The molecule has 0 aliphatic rings. The molecule has 1 aromatic heterocycles. The van der Waals surface area contributed by atoms with Crippen LogP contribution in [-0.2, 0) is 16.0 Å². The molecule has 3 aromatic rings. The Balaban J connectivity index is 1.87. The van der Waals surface area contributed by atoms with E-state index in [0.717, 1.165) is 18.4 Å². The van der Waals surface area contributed by atoms with Crippen molar-refractivity contribution in [1.82, 2.24) is 15.0 Å². The summed E-state index contributed by atoms with van der Waals surface area (Å²) in [5.41, 5.74) is 0.693. The summed E-state index contributed by atoms with van der Waals surface area (Å²) in [6, 6.07) is 10.6. The second-order valence-corrected chi connectivity index (χ2v) is 7.38. The van der Waals surface area contributed by atoms with Gasteiger partial charge in [0.15, 0.2) is 9.84 Å². The highest BCUT2D eigenvalue weighted by atomic mass is 32.2.